The van der Waals surface area contributed by atoms with Crippen molar-refractivity contribution < 1.29 is 5.11 Å². The summed E-state index contributed by atoms with van der Waals surface area (Å²) in [7, 11) is 0. The number of fused-ring (bicyclic) bond motifs is 3. The van der Waals surface area contributed by atoms with E-state index in [4.69, 9.17) is 0 Å². The van der Waals surface area contributed by atoms with E-state index in [1.807, 2.05) is 30.5 Å². The van der Waals surface area contributed by atoms with Crippen molar-refractivity contribution in [1.82, 2.24) is 9.61 Å². The largest absolute Gasteiger partial charge is 0.504 e. The van der Waals surface area contributed by atoms with Gasteiger partial charge in [0.1, 0.15) is 5.52 Å². The molecule has 74 valence electrons. The Morgan fingerprint density at radius 2 is 2.07 bits per heavy atom. The van der Waals surface area contributed by atoms with Gasteiger partial charge in [-0.1, -0.05) is 28.1 Å². The first-order valence-corrected chi connectivity index (χ1v) is 5.30. The number of nitrogens with zero attached hydrogens (tertiary/aromatic N) is 2. The normalized spacial score (nSPS) is 11.3. The molecule has 1 N–H and O–H groups in total. The Morgan fingerprint density at radius 3 is 2.93 bits per heavy atom. The Balaban J connectivity index is 2.64. The van der Waals surface area contributed by atoms with Crippen LogP contribution in [0.3, 0.4) is 0 Å². The third kappa shape index (κ3) is 1.15. The van der Waals surface area contributed by atoms with Crippen molar-refractivity contribution in [2.75, 3.05) is 0 Å². The smallest absolute Gasteiger partial charge is 0.162 e. The van der Waals surface area contributed by atoms with Crippen LogP contribution in [0.25, 0.3) is 16.3 Å². The Hall–Kier alpha value is -1.55. The molecule has 2 heterocycles. The summed E-state index contributed by atoms with van der Waals surface area (Å²) in [5.41, 5.74) is 0.744. The van der Waals surface area contributed by atoms with Gasteiger partial charge < -0.3 is 5.11 Å². The van der Waals surface area contributed by atoms with E-state index in [9.17, 15) is 5.11 Å². The van der Waals surface area contributed by atoms with Crippen LogP contribution in [0.15, 0.2) is 41.1 Å². The van der Waals surface area contributed by atoms with Crippen LogP contribution in [0.4, 0.5) is 0 Å². The third-order valence-corrected chi connectivity index (χ3v) is 3.16. The van der Waals surface area contributed by atoms with E-state index in [0.29, 0.717) is 0 Å². The highest BCUT2D eigenvalue weighted by molar-refractivity contribution is 9.10. The van der Waals surface area contributed by atoms with Gasteiger partial charge in [0.2, 0.25) is 0 Å². The average molecular weight is 263 g/mol. The summed E-state index contributed by atoms with van der Waals surface area (Å²) in [6, 6.07) is 7.86. The number of hydrogen-bond acceptors (Lipinski definition) is 2. The first-order chi connectivity index (χ1) is 7.27. The predicted molar refractivity (Wildman–Crippen MR) is 62.1 cm³/mol. The topological polar surface area (TPSA) is 37.5 Å². The molecule has 15 heavy (non-hydrogen) atoms. The van der Waals surface area contributed by atoms with Gasteiger partial charge in [-0.25, -0.2) is 4.52 Å². The number of pyridine rings is 1. The van der Waals surface area contributed by atoms with Gasteiger partial charge in [-0.3, -0.25) is 0 Å². The second-order valence-corrected chi connectivity index (χ2v) is 4.19. The molecule has 0 amide bonds. The van der Waals surface area contributed by atoms with Gasteiger partial charge in [0, 0.05) is 16.1 Å². The highest BCUT2D eigenvalue weighted by Crippen LogP contribution is 2.30. The molecule has 0 unspecified atom stereocenters. The van der Waals surface area contributed by atoms with E-state index >= 15 is 0 Å². The van der Waals surface area contributed by atoms with Crippen molar-refractivity contribution in [3.63, 3.8) is 0 Å². The third-order valence-electron chi connectivity index (χ3n) is 2.47. The molecule has 0 radical (unpaired) electrons. The molecule has 3 aromatic rings. The lowest BCUT2D eigenvalue weighted by Crippen LogP contribution is -1.86. The van der Waals surface area contributed by atoms with E-state index in [-0.39, 0.29) is 5.75 Å². The number of halogens is 1. The van der Waals surface area contributed by atoms with Gasteiger partial charge in [-0.2, -0.15) is 5.10 Å². The van der Waals surface area contributed by atoms with Crippen molar-refractivity contribution in [3.8, 4) is 5.75 Å². The molecule has 0 spiro atoms. The zero-order chi connectivity index (χ0) is 10.4. The summed E-state index contributed by atoms with van der Waals surface area (Å²) in [5, 5.41) is 15.8. The summed E-state index contributed by atoms with van der Waals surface area (Å²) in [6.07, 6.45) is 3.29. The van der Waals surface area contributed by atoms with Crippen LogP contribution >= 0.6 is 15.9 Å². The van der Waals surface area contributed by atoms with Gasteiger partial charge in [-0.15, -0.1) is 0 Å². The number of benzene rings is 1. The first kappa shape index (κ1) is 8.73. The minimum Gasteiger partial charge on any atom is -0.504 e. The predicted octanol–water partition coefficient (Wildman–Crippen LogP) is 2.96. The average Bonchev–Trinajstić information content (AvgIpc) is 2.61. The van der Waals surface area contributed by atoms with Crippen LogP contribution in [-0.2, 0) is 0 Å². The van der Waals surface area contributed by atoms with E-state index in [2.05, 4.69) is 21.0 Å². The minimum absolute atomic E-state index is 0.207. The minimum atomic E-state index is 0.207. The second-order valence-electron chi connectivity index (χ2n) is 3.34. The highest BCUT2D eigenvalue weighted by atomic mass is 79.9. The van der Waals surface area contributed by atoms with E-state index in [1.54, 1.807) is 4.52 Å². The molecule has 0 aliphatic carbocycles. The summed E-state index contributed by atoms with van der Waals surface area (Å²) in [4.78, 5) is 0. The molecule has 1 aromatic carbocycles. The zero-order valence-corrected chi connectivity index (χ0v) is 9.27. The molecular formula is C11H7BrN2O. The molecule has 0 aliphatic heterocycles. The Bertz CT molecular complexity index is 660. The standard InChI is InChI=1S/C11H7BrN2O/c12-9-3-1-2-8-7(9)4-5-14-11(8)10(15)6-13-14/h1-6,15H. The summed E-state index contributed by atoms with van der Waals surface area (Å²) in [5.74, 6) is 0.207. The molecule has 4 heteroatoms. The Labute approximate surface area is 94.1 Å². The van der Waals surface area contributed by atoms with Crippen LogP contribution in [0.5, 0.6) is 5.75 Å². The quantitative estimate of drug-likeness (QED) is 0.677. The fourth-order valence-corrected chi connectivity index (χ4v) is 2.28. The molecule has 0 saturated carbocycles. The van der Waals surface area contributed by atoms with Gasteiger partial charge >= 0.3 is 0 Å². The molecule has 0 saturated heterocycles. The number of rotatable bonds is 0. The summed E-state index contributed by atoms with van der Waals surface area (Å²) < 4.78 is 2.69. The zero-order valence-electron chi connectivity index (χ0n) is 7.68. The lowest BCUT2D eigenvalue weighted by Gasteiger charge is -2.02. The van der Waals surface area contributed by atoms with Gasteiger partial charge in [0.15, 0.2) is 5.75 Å². The second kappa shape index (κ2) is 2.97. The van der Waals surface area contributed by atoms with Crippen molar-refractivity contribution in [3.05, 3.63) is 41.1 Å². The maximum atomic E-state index is 9.70. The van der Waals surface area contributed by atoms with Crippen LogP contribution in [0.2, 0.25) is 0 Å². The number of aromatic hydroxyl groups is 1. The van der Waals surface area contributed by atoms with Gasteiger partial charge in [-0.05, 0) is 17.5 Å². The van der Waals surface area contributed by atoms with Crippen LogP contribution in [0.1, 0.15) is 0 Å². The first-order valence-electron chi connectivity index (χ1n) is 4.51. The monoisotopic (exact) mass is 262 g/mol. The maximum Gasteiger partial charge on any atom is 0.162 e. The van der Waals surface area contributed by atoms with Gasteiger partial charge in [0.05, 0.1) is 6.20 Å². The van der Waals surface area contributed by atoms with Crippen molar-refractivity contribution >= 4 is 32.2 Å². The molecule has 0 atom stereocenters. The lowest BCUT2D eigenvalue weighted by molar-refractivity contribution is 0.481. The van der Waals surface area contributed by atoms with Crippen LogP contribution in [-0.4, -0.2) is 14.7 Å². The Kier molecular flexibility index (Phi) is 1.73. The molecule has 3 nitrogen and oxygen atoms in total. The molecule has 0 bridgehead atoms. The van der Waals surface area contributed by atoms with E-state index in [0.717, 1.165) is 20.8 Å². The van der Waals surface area contributed by atoms with Crippen molar-refractivity contribution in [2.45, 2.75) is 0 Å². The molecule has 2 aromatic heterocycles. The fraction of sp³-hybridized carbons (Fsp3) is 0. The Morgan fingerprint density at radius 1 is 1.20 bits per heavy atom. The highest BCUT2D eigenvalue weighted by Gasteiger charge is 2.07. The lowest BCUT2D eigenvalue weighted by atomic mass is 10.1. The SMILES string of the molecule is Oc1cnn2ccc3c(Br)cccc3c12. The molecular weight excluding hydrogens is 256 g/mol. The van der Waals surface area contributed by atoms with Gasteiger partial charge in [0.25, 0.3) is 0 Å². The number of aromatic nitrogens is 2. The summed E-state index contributed by atoms with van der Waals surface area (Å²) >= 11 is 3.48. The molecule has 3 rings (SSSR count). The van der Waals surface area contributed by atoms with Crippen molar-refractivity contribution in [2.24, 2.45) is 0 Å². The van der Waals surface area contributed by atoms with Crippen LogP contribution in [0, 0.1) is 0 Å². The molecule has 0 aliphatic rings. The fourth-order valence-electron chi connectivity index (χ4n) is 1.79. The van der Waals surface area contributed by atoms with Crippen LogP contribution < -0.4 is 0 Å². The number of hydrogen-bond donors (Lipinski definition) is 1. The summed E-state index contributed by atoms with van der Waals surface area (Å²) in [6.45, 7) is 0. The van der Waals surface area contributed by atoms with Crippen molar-refractivity contribution in [1.29, 1.82) is 0 Å². The maximum absolute atomic E-state index is 9.70. The van der Waals surface area contributed by atoms with E-state index in [1.165, 1.54) is 6.20 Å². The van der Waals surface area contributed by atoms with E-state index < -0.39 is 0 Å². The molecule has 0 fully saturated rings.